The quantitative estimate of drug-likeness (QED) is 0.434. The molecule has 2 aliphatic rings. The molecule has 0 aromatic carbocycles. The van der Waals surface area contributed by atoms with Gasteiger partial charge in [-0.1, -0.05) is 50.6 Å². The molecule has 1 fully saturated rings. The molecular weight excluding hydrogens is 167 g/mol. The van der Waals surface area contributed by atoms with Gasteiger partial charge in [-0.3, -0.25) is 0 Å². The maximum atomic E-state index is 5.93. The van der Waals surface area contributed by atoms with Crippen LogP contribution in [0.2, 0.25) is 5.82 Å². The SMILES string of the molecule is [B]C1CCC(C2C=C[C@@H](C)CC2)CC1. The van der Waals surface area contributed by atoms with Crippen molar-refractivity contribution in [3.8, 4) is 0 Å². The minimum Gasteiger partial charge on any atom is -0.0854 e. The van der Waals surface area contributed by atoms with Crippen LogP contribution >= 0.6 is 0 Å². The van der Waals surface area contributed by atoms with Gasteiger partial charge in [0, 0.05) is 0 Å². The second kappa shape index (κ2) is 4.55. The van der Waals surface area contributed by atoms with Crippen LogP contribution in [-0.2, 0) is 0 Å². The zero-order valence-corrected chi connectivity index (χ0v) is 9.28. The van der Waals surface area contributed by atoms with E-state index in [9.17, 15) is 0 Å². The van der Waals surface area contributed by atoms with Gasteiger partial charge in [-0.25, -0.2) is 0 Å². The van der Waals surface area contributed by atoms with Gasteiger partial charge >= 0.3 is 0 Å². The van der Waals surface area contributed by atoms with E-state index >= 15 is 0 Å². The van der Waals surface area contributed by atoms with Crippen molar-refractivity contribution in [2.24, 2.45) is 17.8 Å². The number of allylic oxidation sites excluding steroid dienone is 2. The van der Waals surface area contributed by atoms with Crippen LogP contribution in [0.15, 0.2) is 12.2 Å². The molecule has 76 valence electrons. The molecular formula is C13H21B. The van der Waals surface area contributed by atoms with Crippen molar-refractivity contribution in [1.82, 2.24) is 0 Å². The molecule has 14 heavy (non-hydrogen) atoms. The summed E-state index contributed by atoms with van der Waals surface area (Å²) in [6, 6.07) is 0. The van der Waals surface area contributed by atoms with Gasteiger partial charge in [-0.05, 0) is 30.6 Å². The highest BCUT2D eigenvalue weighted by Gasteiger charge is 2.25. The fourth-order valence-electron chi connectivity index (χ4n) is 2.95. The lowest BCUT2D eigenvalue weighted by atomic mass is 9.67. The molecule has 1 unspecified atom stereocenters. The van der Waals surface area contributed by atoms with Gasteiger partial charge in [0.15, 0.2) is 0 Å². The van der Waals surface area contributed by atoms with Crippen LogP contribution in [-0.4, -0.2) is 7.85 Å². The summed E-state index contributed by atoms with van der Waals surface area (Å²) in [5.74, 6) is 3.13. The molecule has 0 heterocycles. The number of hydrogen-bond donors (Lipinski definition) is 0. The molecule has 0 spiro atoms. The second-order valence-corrected chi connectivity index (χ2v) is 5.28. The predicted octanol–water partition coefficient (Wildman–Crippen LogP) is 3.74. The van der Waals surface area contributed by atoms with Crippen molar-refractivity contribution in [2.45, 2.75) is 51.3 Å². The van der Waals surface area contributed by atoms with Gasteiger partial charge in [0.2, 0.25) is 0 Å². The largest absolute Gasteiger partial charge is 0.0854 e. The second-order valence-electron chi connectivity index (χ2n) is 5.28. The lowest BCUT2D eigenvalue weighted by Gasteiger charge is -2.33. The Morgan fingerprint density at radius 1 is 0.929 bits per heavy atom. The van der Waals surface area contributed by atoms with E-state index in [0.717, 1.165) is 17.8 Å². The van der Waals surface area contributed by atoms with Crippen LogP contribution in [0.5, 0.6) is 0 Å². The summed E-state index contributed by atoms with van der Waals surface area (Å²) >= 11 is 0. The first-order valence-corrected chi connectivity index (χ1v) is 6.19. The Labute approximate surface area is 89.6 Å². The van der Waals surface area contributed by atoms with E-state index in [1.54, 1.807) is 0 Å². The van der Waals surface area contributed by atoms with Crippen LogP contribution in [0.3, 0.4) is 0 Å². The molecule has 2 atom stereocenters. The molecule has 2 aliphatic carbocycles. The van der Waals surface area contributed by atoms with E-state index in [1.165, 1.54) is 38.5 Å². The Kier molecular flexibility index (Phi) is 3.36. The van der Waals surface area contributed by atoms with E-state index in [1.807, 2.05) is 0 Å². The molecule has 2 rings (SSSR count). The molecule has 0 nitrogen and oxygen atoms in total. The topological polar surface area (TPSA) is 0 Å². The summed E-state index contributed by atoms with van der Waals surface area (Å²) < 4.78 is 0. The van der Waals surface area contributed by atoms with E-state index in [-0.39, 0.29) is 0 Å². The van der Waals surface area contributed by atoms with Crippen molar-refractivity contribution in [3.63, 3.8) is 0 Å². The summed E-state index contributed by atoms with van der Waals surface area (Å²) in [6.07, 6.45) is 12.9. The molecule has 2 radical (unpaired) electrons. The van der Waals surface area contributed by atoms with Crippen LogP contribution in [0.1, 0.15) is 45.4 Å². The third-order valence-electron chi connectivity index (χ3n) is 4.06. The fourth-order valence-corrected chi connectivity index (χ4v) is 2.95. The standard InChI is InChI=1S/C13H21B/c1-10-2-4-11(5-3-10)12-6-8-13(14)9-7-12/h2,4,10-13H,3,5-9H2,1H3/t10-,11?,12?,13?/m1/s1. The first kappa shape index (κ1) is 10.3. The van der Waals surface area contributed by atoms with Crippen LogP contribution < -0.4 is 0 Å². The van der Waals surface area contributed by atoms with Gasteiger partial charge in [0.05, 0.1) is 7.85 Å². The molecule has 0 aromatic rings. The third-order valence-corrected chi connectivity index (χ3v) is 4.06. The average Bonchev–Trinajstić information content (AvgIpc) is 2.21. The van der Waals surface area contributed by atoms with Gasteiger partial charge in [0.1, 0.15) is 0 Å². The molecule has 1 saturated carbocycles. The molecule has 0 amide bonds. The van der Waals surface area contributed by atoms with Crippen molar-refractivity contribution >= 4 is 7.85 Å². The molecule has 0 aliphatic heterocycles. The lowest BCUT2D eigenvalue weighted by Crippen LogP contribution is -2.21. The van der Waals surface area contributed by atoms with Crippen molar-refractivity contribution in [1.29, 1.82) is 0 Å². The third kappa shape index (κ3) is 2.43. The van der Waals surface area contributed by atoms with Crippen molar-refractivity contribution < 1.29 is 0 Å². The van der Waals surface area contributed by atoms with E-state index < -0.39 is 0 Å². The zero-order valence-electron chi connectivity index (χ0n) is 9.28. The summed E-state index contributed by atoms with van der Waals surface area (Å²) in [6.45, 7) is 2.32. The van der Waals surface area contributed by atoms with Gasteiger partial charge in [-0.15, -0.1) is 0 Å². The Morgan fingerprint density at radius 3 is 2.21 bits per heavy atom. The summed E-state index contributed by atoms with van der Waals surface area (Å²) in [5.41, 5.74) is 0. The van der Waals surface area contributed by atoms with E-state index in [4.69, 9.17) is 7.85 Å². The highest BCUT2D eigenvalue weighted by Crippen LogP contribution is 2.39. The molecule has 0 bridgehead atoms. The number of hydrogen-bond acceptors (Lipinski definition) is 0. The fraction of sp³-hybridized carbons (Fsp3) is 0.846. The summed E-state index contributed by atoms with van der Waals surface area (Å²) in [5, 5.41) is 0. The molecule has 1 heteroatoms. The first-order valence-electron chi connectivity index (χ1n) is 6.19. The van der Waals surface area contributed by atoms with Crippen LogP contribution in [0, 0.1) is 17.8 Å². The van der Waals surface area contributed by atoms with Gasteiger partial charge in [0.25, 0.3) is 0 Å². The maximum Gasteiger partial charge on any atom is 0.0699 e. The van der Waals surface area contributed by atoms with E-state index in [0.29, 0.717) is 5.82 Å². The molecule has 0 N–H and O–H groups in total. The predicted molar refractivity (Wildman–Crippen MR) is 62.5 cm³/mol. The highest BCUT2D eigenvalue weighted by atomic mass is 14.3. The Hall–Kier alpha value is -0.195. The normalized spacial score (nSPS) is 43.8. The monoisotopic (exact) mass is 188 g/mol. The Bertz CT molecular complexity index is 201. The van der Waals surface area contributed by atoms with Crippen molar-refractivity contribution in [2.75, 3.05) is 0 Å². The average molecular weight is 188 g/mol. The van der Waals surface area contributed by atoms with E-state index in [2.05, 4.69) is 19.1 Å². The molecule has 0 aromatic heterocycles. The Morgan fingerprint density at radius 2 is 1.64 bits per heavy atom. The summed E-state index contributed by atoms with van der Waals surface area (Å²) in [7, 11) is 5.93. The van der Waals surface area contributed by atoms with Gasteiger partial charge < -0.3 is 0 Å². The number of rotatable bonds is 1. The highest BCUT2D eigenvalue weighted by molar-refractivity contribution is 6.11. The molecule has 0 saturated heterocycles. The summed E-state index contributed by atoms with van der Waals surface area (Å²) in [4.78, 5) is 0. The Balaban J connectivity index is 1.87. The minimum atomic E-state index is 0.498. The minimum absolute atomic E-state index is 0.498. The maximum absolute atomic E-state index is 5.93. The van der Waals surface area contributed by atoms with Crippen LogP contribution in [0.25, 0.3) is 0 Å². The van der Waals surface area contributed by atoms with Crippen LogP contribution in [0.4, 0.5) is 0 Å². The first-order chi connectivity index (χ1) is 6.75. The van der Waals surface area contributed by atoms with Crippen molar-refractivity contribution in [3.05, 3.63) is 12.2 Å². The zero-order chi connectivity index (χ0) is 9.97. The van der Waals surface area contributed by atoms with Gasteiger partial charge in [-0.2, -0.15) is 0 Å². The smallest absolute Gasteiger partial charge is 0.0699 e. The lowest BCUT2D eigenvalue weighted by molar-refractivity contribution is 0.259.